The normalized spacial score (nSPS) is 10.6. The van der Waals surface area contributed by atoms with E-state index < -0.39 is 17.0 Å². The fourth-order valence-corrected chi connectivity index (χ4v) is 5.70. The second kappa shape index (κ2) is 14.5. The fraction of sp³-hybridized carbons (Fsp3) is 0.0625. The van der Waals surface area contributed by atoms with Crippen LogP contribution in [0, 0.1) is 6.92 Å². The van der Waals surface area contributed by atoms with Gasteiger partial charge in [0.1, 0.15) is 5.75 Å². The molecule has 0 bridgehead atoms. The summed E-state index contributed by atoms with van der Waals surface area (Å²) in [6, 6.07) is 43.8. The first kappa shape index (κ1) is 28.4. The molecular formula is C32H28Cl2NOPTi. The molecule has 190 valence electrons. The molecule has 0 fully saturated rings. The Morgan fingerprint density at radius 1 is 0.684 bits per heavy atom. The molecule has 0 radical (unpaired) electrons. The topological polar surface area (TPSA) is 23.5 Å². The number of benzene rings is 5. The van der Waals surface area contributed by atoms with Gasteiger partial charge in [-0.2, -0.15) is 0 Å². The third-order valence-electron chi connectivity index (χ3n) is 6.14. The molecule has 1 atom stereocenters. The summed E-state index contributed by atoms with van der Waals surface area (Å²) in [6.45, 7) is 2.16. The monoisotopic (exact) mass is 591 g/mol. The molecule has 0 saturated heterocycles. The minimum absolute atomic E-state index is 0.321. The molecule has 5 aromatic carbocycles. The molecule has 0 aliphatic heterocycles. The van der Waals surface area contributed by atoms with Crippen molar-refractivity contribution in [3.8, 4) is 5.75 Å². The summed E-state index contributed by atoms with van der Waals surface area (Å²) in [5.41, 5.74) is 6.72. The van der Waals surface area contributed by atoms with Crippen molar-refractivity contribution in [3.05, 3.63) is 144 Å². The molecular weight excluding hydrogens is 564 g/mol. The summed E-state index contributed by atoms with van der Waals surface area (Å²) in [7, 11) is 10.1. The van der Waals surface area contributed by atoms with E-state index in [1.807, 2.05) is 42.5 Å². The Morgan fingerprint density at radius 2 is 1.21 bits per heavy atom. The first-order chi connectivity index (χ1) is 18.6. The van der Waals surface area contributed by atoms with Crippen LogP contribution in [0.5, 0.6) is 5.75 Å². The van der Waals surface area contributed by atoms with E-state index in [2.05, 4.69) is 96.8 Å². The van der Waals surface area contributed by atoms with Crippen molar-refractivity contribution in [3.63, 3.8) is 0 Å². The van der Waals surface area contributed by atoms with Gasteiger partial charge in [0.15, 0.2) is 0 Å². The molecule has 5 aromatic rings. The van der Waals surface area contributed by atoms with Crippen LogP contribution in [0.1, 0.15) is 16.7 Å². The van der Waals surface area contributed by atoms with Gasteiger partial charge >= 0.3 is 35.6 Å². The predicted molar refractivity (Wildman–Crippen MR) is 163 cm³/mol. The van der Waals surface area contributed by atoms with E-state index in [4.69, 9.17) is 18.6 Å². The van der Waals surface area contributed by atoms with Gasteiger partial charge in [-0.25, -0.2) is 0 Å². The molecule has 0 aromatic heterocycles. The van der Waals surface area contributed by atoms with Gasteiger partial charge in [0.25, 0.3) is 0 Å². The van der Waals surface area contributed by atoms with Crippen LogP contribution < -0.4 is 15.5 Å². The summed E-state index contributed by atoms with van der Waals surface area (Å²) < 4.78 is 0. The van der Waals surface area contributed by atoms with Gasteiger partial charge in [0.05, 0.1) is 5.69 Å². The van der Waals surface area contributed by atoms with Crippen LogP contribution in [0.25, 0.3) is 0 Å². The van der Waals surface area contributed by atoms with Crippen LogP contribution >= 0.6 is 27.2 Å². The van der Waals surface area contributed by atoms with E-state index in [9.17, 15) is 5.11 Å². The number of aromatic hydroxyl groups is 1. The number of halogens is 2. The molecule has 0 spiro atoms. The van der Waals surface area contributed by atoms with Gasteiger partial charge in [-0.3, -0.25) is 0 Å². The number of phenols is 1. The molecule has 1 N–H and O–H groups in total. The standard InChI is InChI=1S/C32H28NOP.2ClH.Ti/c1-24-13-11-21-29(33(27-17-7-3-8-18-27)28-19-9-4-10-20-28)32(24)35-30-22-12-16-26(31(30)34)23-25-14-5-2-6-15-25;;;/h2-22,34-35H,23H2,1H3;2*1H;/q;;;+2/p-2. The van der Waals surface area contributed by atoms with Gasteiger partial charge in [0, 0.05) is 28.4 Å². The maximum atomic E-state index is 11.3. The second-order valence-corrected chi connectivity index (χ2v) is 12.5. The molecule has 0 heterocycles. The van der Waals surface area contributed by atoms with Crippen molar-refractivity contribution in [1.29, 1.82) is 0 Å². The van der Waals surface area contributed by atoms with Crippen LogP contribution in [-0.4, -0.2) is 5.11 Å². The van der Waals surface area contributed by atoms with Gasteiger partial charge in [-0.15, -0.1) is 0 Å². The summed E-state index contributed by atoms with van der Waals surface area (Å²) in [5.74, 6) is 0.398. The number of phenolic OH excluding ortho intramolecular Hbond substituents is 1. The average Bonchev–Trinajstić information content (AvgIpc) is 2.95. The molecule has 2 nitrogen and oxygen atoms in total. The van der Waals surface area contributed by atoms with Gasteiger partial charge < -0.3 is 10.0 Å². The fourth-order valence-electron chi connectivity index (χ4n) is 4.37. The Morgan fingerprint density at radius 3 is 1.79 bits per heavy atom. The Hall–Kier alpha value is -2.58. The zero-order chi connectivity index (χ0) is 26.7. The van der Waals surface area contributed by atoms with E-state index >= 15 is 0 Å². The number of rotatable bonds is 7. The summed E-state index contributed by atoms with van der Waals surface area (Å²) in [6.07, 6.45) is 0.714. The van der Waals surface area contributed by atoms with E-state index in [1.54, 1.807) is 0 Å². The summed E-state index contributed by atoms with van der Waals surface area (Å²) >= 11 is -0.556. The zero-order valence-electron chi connectivity index (χ0n) is 21.0. The Kier molecular flexibility index (Phi) is 10.9. The number of hydrogen-bond donors (Lipinski definition) is 1. The van der Waals surface area contributed by atoms with Crippen molar-refractivity contribution >= 4 is 54.9 Å². The van der Waals surface area contributed by atoms with E-state index in [0.29, 0.717) is 20.8 Å². The molecule has 5 rings (SSSR count). The Labute approximate surface area is 243 Å². The Balaban J connectivity index is 0.00000107. The third-order valence-corrected chi connectivity index (χ3v) is 7.71. The average molecular weight is 592 g/mol. The van der Waals surface area contributed by atoms with E-state index in [0.717, 1.165) is 27.9 Å². The number of para-hydroxylation sites is 3. The van der Waals surface area contributed by atoms with Crippen molar-refractivity contribution in [2.45, 2.75) is 13.3 Å². The number of nitrogens with zero attached hydrogens (tertiary/aromatic N) is 1. The molecule has 38 heavy (non-hydrogen) atoms. The van der Waals surface area contributed by atoms with Gasteiger partial charge in [-0.1, -0.05) is 106 Å². The quantitative estimate of drug-likeness (QED) is 0.151. The summed E-state index contributed by atoms with van der Waals surface area (Å²) in [4.78, 5) is 2.31. The second-order valence-electron chi connectivity index (χ2n) is 8.65. The van der Waals surface area contributed by atoms with E-state index in [-0.39, 0.29) is 0 Å². The molecule has 0 aliphatic rings. The molecule has 6 heteroatoms. The maximum absolute atomic E-state index is 11.3. The number of anilines is 3. The van der Waals surface area contributed by atoms with Crippen LogP contribution in [0.2, 0.25) is 0 Å². The SMILES string of the molecule is Cc1cccc(N(c2ccccc2)c2ccccc2)c1Pc1cccc(Cc2ccccc2)c1O.[Cl][Ti][Cl]. The number of aryl methyl sites for hydroxylation is 1. The Bertz CT molecular complexity index is 1400. The van der Waals surface area contributed by atoms with Crippen LogP contribution in [0.3, 0.4) is 0 Å². The molecule has 0 amide bonds. The van der Waals surface area contributed by atoms with Crippen molar-refractivity contribution in [1.82, 2.24) is 0 Å². The molecule has 1 unspecified atom stereocenters. The minimum atomic E-state index is -0.556. The van der Waals surface area contributed by atoms with Crippen LogP contribution in [0.4, 0.5) is 17.1 Å². The van der Waals surface area contributed by atoms with Crippen molar-refractivity contribution < 1.29 is 22.1 Å². The number of hydrogen-bond acceptors (Lipinski definition) is 2. The first-order valence-electron chi connectivity index (χ1n) is 12.2. The predicted octanol–water partition coefficient (Wildman–Crippen LogP) is 8.77. The van der Waals surface area contributed by atoms with Gasteiger partial charge in [-0.05, 0) is 53.9 Å². The first-order valence-corrected chi connectivity index (χ1v) is 17.5. The zero-order valence-corrected chi connectivity index (χ0v) is 25.1. The molecule has 0 saturated carbocycles. The van der Waals surface area contributed by atoms with Gasteiger partial charge in [0.2, 0.25) is 0 Å². The van der Waals surface area contributed by atoms with Crippen LogP contribution in [-0.2, 0) is 23.5 Å². The summed E-state index contributed by atoms with van der Waals surface area (Å²) in [5, 5.41) is 13.5. The van der Waals surface area contributed by atoms with Crippen LogP contribution in [0.15, 0.2) is 127 Å². The van der Waals surface area contributed by atoms with E-state index in [1.165, 1.54) is 16.4 Å². The third kappa shape index (κ3) is 7.29. The molecule has 0 aliphatic carbocycles. The van der Waals surface area contributed by atoms with Crippen molar-refractivity contribution in [2.75, 3.05) is 4.90 Å². The van der Waals surface area contributed by atoms with Crippen molar-refractivity contribution in [2.24, 2.45) is 0 Å².